The van der Waals surface area contributed by atoms with Gasteiger partial charge in [0.2, 0.25) is 0 Å². The van der Waals surface area contributed by atoms with Crippen molar-refractivity contribution in [1.82, 2.24) is 0 Å². The quantitative estimate of drug-likeness (QED) is 0.768. The highest BCUT2D eigenvalue weighted by Crippen LogP contribution is 2.16. The second-order valence-corrected chi connectivity index (χ2v) is 6.63. The number of primary amides is 1. The van der Waals surface area contributed by atoms with E-state index in [0.29, 0.717) is 5.69 Å². The molecule has 24 heavy (non-hydrogen) atoms. The molecule has 0 bridgehead atoms. The van der Waals surface area contributed by atoms with Crippen LogP contribution in [-0.4, -0.2) is 26.4 Å². The maximum atomic E-state index is 12.3. The summed E-state index contributed by atoms with van der Waals surface area (Å²) in [6.07, 6.45) is -1.07. The Morgan fingerprint density at radius 1 is 1.04 bits per heavy atom. The molecule has 1 amide bonds. The highest BCUT2D eigenvalue weighted by atomic mass is 32.2. The number of para-hydroxylation sites is 1. The predicted octanol–water partition coefficient (Wildman–Crippen LogP) is 1.52. The zero-order valence-corrected chi connectivity index (χ0v) is 13.6. The Hall–Kier alpha value is -2.87. The van der Waals surface area contributed by atoms with Crippen molar-refractivity contribution in [3.8, 4) is 0 Å². The molecular formula is C16H16N2O5S. The van der Waals surface area contributed by atoms with Gasteiger partial charge in [-0.25, -0.2) is 13.2 Å². The molecule has 2 aromatic rings. The lowest BCUT2D eigenvalue weighted by atomic mass is 10.2. The molecule has 3 N–H and O–H groups in total. The summed E-state index contributed by atoms with van der Waals surface area (Å²) in [6, 6.07) is 13.6. The maximum absolute atomic E-state index is 12.3. The van der Waals surface area contributed by atoms with Crippen LogP contribution in [0.5, 0.6) is 0 Å². The third-order valence-electron chi connectivity index (χ3n) is 3.11. The van der Waals surface area contributed by atoms with Crippen LogP contribution in [0.3, 0.4) is 0 Å². The van der Waals surface area contributed by atoms with Gasteiger partial charge in [-0.1, -0.05) is 18.2 Å². The topological polar surface area (TPSA) is 116 Å². The fourth-order valence-electron chi connectivity index (χ4n) is 1.78. The van der Waals surface area contributed by atoms with Gasteiger partial charge in [0, 0.05) is 5.69 Å². The van der Waals surface area contributed by atoms with Crippen molar-refractivity contribution in [2.75, 3.05) is 4.72 Å². The minimum atomic E-state index is -3.77. The van der Waals surface area contributed by atoms with Gasteiger partial charge < -0.3 is 10.5 Å². The summed E-state index contributed by atoms with van der Waals surface area (Å²) in [5, 5.41) is 0. The van der Waals surface area contributed by atoms with Crippen molar-refractivity contribution in [1.29, 1.82) is 0 Å². The second-order valence-electron chi connectivity index (χ2n) is 4.95. The molecule has 126 valence electrons. The summed E-state index contributed by atoms with van der Waals surface area (Å²) in [4.78, 5) is 22.7. The smallest absolute Gasteiger partial charge is 0.338 e. The Bertz CT molecular complexity index is 833. The van der Waals surface area contributed by atoms with E-state index in [-0.39, 0.29) is 10.5 Å². The first-order valence-corrected chi connectivity index (χ1v) is 8.46. The van der Waals surface area contributed by atoms with E-state index in [0.717, 1.165) is 0 Å². The van der Waals surface area contributed by atoms with E-state index in [2.05, 4.69) is 4.72 Å². The van der Waals surface area contributed by atoms with E-state index in [1.807, 2.05) is 0 Å². The minimum Gasteiger partial charge on any atom is -0.449 e. The Morgan fingerprint density at radius 2 is 1.62 bits per heavy atom. The maximum Gasteiger partial charge on any atom is 0.338 e. The molecule has 0 spiro atoms. The fraction of sp³-hybridized carbons (Fsp3) is 0.125. The molecule has 0 unspecified atom stereocenters. The average Bonchev–Trinajstić information content (AvgIpc) is 2.55. The third kappa shape index (κ3) is 4.32. The van der Waals surface area contributed by atoms with Crippen molar-refractivity contribution < 1.29 is 22.7 Å². The second kappa shape index (κ2) is 7.14. The van der Waals surface area contributed by atoms with E-state index >= 15 is 0 Å². The van der Waals surface area contributed by atoms with Crippen LogP contribution in [0.2, 0.25) is 0 Å². The molecule has 1 atom stereocenters. The van der Waals surface area contributed by atoms with Crippen LogP contribution in [0.1, 0.15) is 17.3 Å². The van der Waals surface area contributed by atoms with E-state index in [1.165, 1.54) is 31.2 Å². The molecule has 2 rings (SSSR count). The van der Waals surface area contributed by atoms with Gasteiger partial charge in [0.05, 0.1) is 10.5 Å². The number of amides is 1. The number of nitrogens with one attached hydrogen (secondary N) is 1. The van der Waals surface area contributed by atoms with Crippen LogP contribution in [0.4, 0.5) is 5.69 Å². The van der Waals surface area contributed by atoms with E-state index < -0.39 is 28.0 Å². The van der Waals surface area contributed by atoms with Crippen molar-refractivity contribution >= 4 is 27.6 Å². The molecule has 0 radical (unpaired) electrons. The molecule has 7 nitrogen and oxygen atoms in total. The Labute approximate surface area is 139 Å². The molecule has 0 fully saturated rings. The van der Waals surface area contributed by atoms with Gasteiger partial charge in [-0.3, -0.25) is 9.52 Å². The Kier molecular flexibility index (Phi) is 5.20. The zero-order valence-electron chi connectivity index (χ0n) is 12.8. The third-order valence-corrected chi connectivity index (χ3v) is 4.51. The van der Waals surface area contributed by atoms with E-state index in [9.17, 15) is 18.0 Å². The normalized spacial score (nSPS) is 12.2. The molecule has 0 aromatic heterocycles. The number of rotatable bonds is 6. The number of esters is 1. The van der Waals surface area contributed by atoms with Crippen LogP contribution in [0.15, 0.2) is 59.5 Å². The number of ether oxygens (including phenoxy) is 1. The van der Waals surface area contributed by atoms with Gasteiger partial charge in [-0.05, 0) is 43.3 Å². The summed E-state index contributed by atoms with van der Waals surface area (Å²) in [5.41, 5.74) is 5.55. The average molecular weight is 348 g/mol. The summed E-state index contributed by atoms with van der Waals surface area (Å²) in [7, 11) is -3.77. The van der Waals surface area contributed by atoms with Crippen LogP contribution in [0, 0.1) is 0 Å². The lowest BCUT2D eigenvalue weighted by Gasteiger charge is -2.10. The van der Waals surface area contributed by atoms with E-state index in [4.69, 9.17) is 10.5 Å². The molecule has 0 saturated heterocycles. The molecule has 0 heterocycles. The van der Waals surface area contributed by atoms with Crippen molar-refractivity contribution in [3.63, 3.8) is 0 Å². The van der Waals surface area contributed by atoms with Crippen LogP contribution >= 0.6 is 0 Å². The lowest BCUT2D eigenvalue weighted by Crippen LogP contribution is -2.30. The predicted molar refractivity (Wildman–Crippen MR) is 87.8 cm³/mol. The van der Waals surface area contributed by atoms with Gasteiger partial charge in [0.15, 0.2) is 6.10 Å². The molecule has 0 aliphatic carbocycles. The first kappa shape index (κ1) is 17.5. The summed E-state index contributed by atoms with van der Waals surface area (Å²) < 4.78 is 31.8. The van der Waals surface area contributed by atoms with Gasteiger partial charge in [0.1, 0.15) is 0 Å². The summed E-state index contributed by atoms with van der Waals surface area (Å²) in [5.74, 6) is -1.53. The van der Waals surface area contributed by atoms with Crippen molar-refractivity contribution in [2.24, 2.45) is 5.73 Å². The SMILES string of the molecule is C[C@H](OC(=O)c1ccc(S(=O)(=O)Nc2ccccc2)cc1)C(N)=O. The number of anilines is 1. The number of nitrogens with two attached hydrogens (primary N) is 1. The largest absolute Gasteiger partial charge is 0.449 e. The summed E-state index contributed by atoms with van der Waals surface area (Å²) >= 11 is 0. The number of carbonyl (C=O) groups is 2. The van der Waals surface area contributed by atoms with Gasteiger partial charge in [0.25, 0.3) is 15.9 Å². The fourth-order valence-corrected chi connectivity index (χ4v) is 2.84. The number of benzene rings is 2. The number of carbonyl (C=O) groups excluding carboxylic acids is 2. The minimum absolute atomic E-state index is 0.00847. The molecule has 8 heteroatoms. The summed E-state index contributed by atoms with van der Waals surface area (Å²) in [6.45, 7) is 1.35. The number of sulfonamides is 1. The molecular weight excluding hydrogens is 332 g/mol. The van der Waals surface area contributed by atoms with E-state index in [1.54, 1.807) is 30.3 Å². The highest BCUT2D eigenvalue weighted by Gasteiger charge is 2.18. The van der Waals surface area contributed by atoms with Gasteiger partial charge >= 0.3 is 5.97 Å². The first-order chi connectivity index (χ1) is 11.3. The highest BCUT2D eigenvalue weighted by molar-refractivity contribution is 7.92. The molecule has 0 saturated carbocycles. The van der Waals surface area contributed by atoms with Gasteiger partial charge in [-0.2, -0.15) is 0 Å². The zero-order chi connectivity index (χ0) is 17.7. The monoisotopic (exact) mass is 348 g/mol. The number of hydrogen-bond acceptors (Lipinski definition) is 5. The Balaban J connectivity index is 2.13. The van der Waals surface area contributed by atoms with Crippen molar-refractivity contribution in [2.45, 2.75) is 17.9 Å². The van der Waals surface area contributed by atoms with Crippen LogP contribution < -0.4 is 10.5 Å². The van der Waals surface area contributed by atoms with Crippen LogP contribution in [0.25, 0.3) is 0 Å². The number of hydrogen-bond donors (Lipinski definition) is 2. The molecule has 2 aromatic carbocycles. The molecule has 0 aliphatic heterocycles. The first-order valence-electron chi connectivity index (χ1n) is 6.98. The molecule has 0 aliphatic rings. The van der Waals surface area contributed by atoms with Crippen LogP contribution in [-0.2, 0) is 19.6 Å². The Morgan fingerprint density at radius 3 is 2.17 bits per heavy atom. The lowest BCUT2D eigenvalue weighted by molar-refractivity contribution is -0.125. The standard InChI is InChI=1S/C16H16N2O5S/c1-11(15(17)19)23-16(20)12-7-9-14(10-8-12)24(21,22)18-13-5-3-2-4-6-13/h2-11,18H,1H3,(H2,17,19)/t11-/m0/s1. The van der Waals surface area contributed by atoms with Gasteiger partial charge in [-0.15, -0.1) is 0 Å². The van der Waals surface area contributed by atoms with Crippen molar-refractivity contribution in [3.05, 3.63) is 60.2 Å².